The van der Waals surface area contributed by atoms with Crippen LogP contribution in [-0.4, -0.2) is 17.9 Å². The third kappa shape index (κ3) is 3.01. The van der Waals surface area contributed by atoms with Crippen molar-refractivity contribution in [2.24, 2.45) is 5.73 Å². The first-order valence-corrected chi connectivity index (χ1v) is 6.13. The van der Waals surface area contributed by atoms with E-state index in [-0.39, 0.29) is 5.84 Å². The molecule has 2 aromatic rings. The second-order valence-electron chi connectivity index (χ2n) is 3.57. The van der Waals surface area contributed by atoms with E-state index >= 15 is 0 Å². The predicted molar refractivity (Wildman–Crippen MR) is 72.4 cm³/mol. The minimum atomic E-state index is -0.0204. The van der Waals surface area contributed by atoms with E-state index in [1.807, 2.05) is 30.3 Å². The molecule has 5 heteroatoms. The van der Waals surface area contributed by atoms with Gasteiger partial charge in [0, 0.05) is 16.0 Å². The lowest BCUT2D eigenvalue weighted by atomic mass is 10.3. The van der Waals surface area contributed by atoms with Crippen LogP contribution in [0.1, 0.15) is 5.69 Å². The lowest BCUT2D eigenvalue weighted by Gasteiger charge is -2.04. The van der Waals surface area contributed by atoms with Crippen molar-refractivity contribution >= 4 is 17.6 Å². The smallest absolute Gasteiger partial charge is 0.141 e. The molecular formula is C13H13N3OS. The quantitative estimate of drug-likeness (QED) is 0.653. The zero-order valence-corrected chi connectivity index (χ0v) is 10.7. The van der Waals surface area contributed by atoms with Crippen molar-refractivity contribution in [3.63, 3.8) is 0 Å². The predicted octanol–water partition coefficient (Wildman–Crippen LogP) is 2.53. The van der Waals surface area contributed by atoms with Gasteiger partial charge in [0.1, 0.15) is 17.3 Å². The standard InChI is InChI=1S/C13H13N3OS/c1-17-9-3-2-4-10(7-9)18-11-5-6-12(13(14)15)16-8-11/h2-8H,1H3,(H3,14,15). The molecule has 3 N–H and O–H groups in total. The number of pyridine rings is 1. The maximum atomic E-state index is 7.27. The zero-order valence-electron chi connectivity index (χ0n) is 9.88. The summed E-state index contributed by atoms with van der Waals surface area (Å²) in [6, 6.07) is 11.5. The molecule has 92 valence electrons. The average molecular weight is 259 g/mol. The van der Waals surface area contributed by atoms with Gasteiger partial charge in [-0.25, -0.2) is 0 Å². The van der Waals surface area contributed by atoms with Gasteiger partial charge in [-0.2, -0.15) is 0 Å². The highest BCUT2D eigenvalue weighted by Gasteiger charge is 2.01. The van der Waals surface area contributed by atoms with Gasteiger partial charge in [0.15, 0.2) is 0 Å². The van der Waals surface area contributed by atoms with E-state index in [9.17, 15) is 0 Å². The first-order valence-electron chi connectivity index (χ1n) is 5.31. The van der Waals surface area contributed by atoms with Gasteiger partial charge >= 0.3 is 0 Å². The monoisotopic (exact) mass is 259 g/mol. The first-order chi connectivity index (χ1) is 8.69. The van der Waals surface area contributed by atoms with Gasteiger partial charge in [-0.1, -0.05) is 17.8 Å². The number of hydrogen-bond donors (Lipinski definition) is 2. The van der Waals surface area contributed by atoms with Crippen molar-refractivity contribution in [3.05, 3.63) is 48.3 Å². The summed E-state index contributed by atoms with van der Waals surface area (Å²) in [6.07, 6.45) is 1.71. The van der Waals surface area contributed by atoms with Gasteiger partial charge in [0.2, 0.25) is 0 Å². The summed E-state index contributed by atoms with van der Waals surface area (Å²) in [5, 5.41) is 7.27. The van der Waals surface area contributed by atoms with Crippen LogP contribution in [-0.2, 0) is 0 Å². The number of amidine groups is 1. The molecule has 2 rings (SSSR count). The molecule has 0 aliphatic rings. The Balaban J connectivity index is 2.15. The highest BCUT2D eigenvalue weighted by molar-refractivity contribution is 7.99. The van der Waals surface area contributed by atoms with Crippen LogP contribution >= 0.6 is 11.8 Å². The van der Waals surface area contributed by atoms with Gasteiger partial charge in [0.05, 0.1) is 7.11 Å². The average Bonchev–Trinajstić information content (AvgIpc) is 2.39. The molecule has 0 amide bonds. The molecule has 1 aromatic heterocycles. The Kier molecular flexibility index (Phi) is 3.84. The maximum absolute atomic E-state index is 7.27. The molecule has 0 radical (unpaired) electrons. The fourth-order valence-electron chi connectivity index (χ4n) is 1.40. The summed E-state index contributed by atoms with van der Waals surface area (Å²) in [7, 11) is 1.65. The summed E-state index contributed by atoms with van der Waals surface area (Å²) in [4.78, 5) is 6.18. The van der Waals surface area contributed by atoms with Crippen LogP contribution in [0.5, 0.6) is 5.75 Å². The molecule has 4 nitrogen and oxygen atoms in total. The van der Waals surface area contributed by atoms with E-state index in [0.717, 1.165) is 15.5 Å². The van der Waals surface area contributed by atoms with Crippen LogP contribution in [0.3, 0.4) is 0 Å². The number of rotatable bonds is 4. The molecule has 0 saturated heterocycles. The number of aromatic nitrogens is 1. The van der Waals surface area contributed by atoms with Gasteiger partial charge in [-0.3, -0.25) is 10.4 Å². The van der Waals surface area contributed by atoms with Crippen molar-refractivity contribution in [2.75, 3.05) is 7.11 Å². The Labute approximate surface area is 110 Å². The van der Waals surface area contributed by atoms with Crippen molar-refractivity contribution in [3.8, 4) is 5.75 Å². The van der Waals surface area contributed by atoms with Crippen LogP contribution in [0.2, 0.25) is 0 Å². The van der Waals surface area contributed by atoms with Crippen LogP contribution < -0.4 is 10.5 Å². The highest BCUT2D eigenvalue weighted by Crippen LogP contribution is 2.29. The van der Waals surface area contributed by atoms with Gasteiger partial charge < -0.3 is 10.5 Å². The van der Waals surface area contributed by atoms with Crippen molar-refractivity contribution in [1.82, 2.24) is 4.98 Å². The largest absolute Gasteiger partial charge is 0.497 e. The molecule has 1 heterocycles. The Bertz CT molecular complexity index is 554. The molecule has 0 unspecified atom stereocenters. The third-order valence-electron chi connectivity index (χ3n) is 2.29. The first kappa shape index (κ1) is 12.4. The Morgan fingerprint density at radius 1 is 1.28 bits per heavy atom. The molecule has 0 aliphatic heterocycles. The molecule has 1 aromatic carbocycles. The van der Waals surface area contributed by atoms with Crippen molar-refractivity contribution in [1.29, 1.82) is 5.41 Å². The van der Waals surface area contributed by atoms with Crippen molar-refractivity contribution < 1.29 is 4.74 Å². The Morgan fingerprint density at radius 2 is 2.11 bits per heavy atom. The van der Waals surface area contributed by atoms with Crippen LogP contribution in [0.15, 0.2) is 52.4 Å². The summed E-state index contributed by atoms with van der Waals surface area (Å²) in [6.45, 7) is 0. The summed E-state index contributed by atoms with van der Waals surface area (Å²) >= 11 is 1.58. The van der Waals surface area contributed by atoms with Crippen molar-refractivity contribution in [2.45, 2.75) is 9.79 Å². The number of hydrogen-bond acceptors (Lipinski definition) is 4. The Morgan fingerprint density at radius 3 is 2.72 bits per heavy atom. The SMILES string of the molecule is COc1cccc(Sc2ccc(C(=N)N)nc2)c1. The number of nitrogen functional groups attached to an aromatic ring is 1. The molecule has 0 bridgehead atoms. The molecule has 18 heavy (non-hydrogen) atoms. The highest BCUT2D eigenvalue weighted by atomic mass is 32.2. The lowest BCUT2D eigenvalue weighted by molar-refractivity contribution is 0.413. The molecule has 0 saturated carbocycles. The summed E-state index contributed by atoms with van der Waals surface area (Å²) in [5.41, 5.74) is 5.84. The second-order valence-corrected chi connectivity index (χ2v) is 4.72. The number of methoxy groups -OCH3 is 1. The summed E-state index contributed by atoms with van der Waals surface area (Å²) < 4.78 is 5.17. The van der Waals surface area contributed by atoms with E-state index in [1.165, 1.54) is 0 Å². The van der Waals surface area contributed by atoms with Crippen LogP contribution in [0.4, 0.5) is 0 Å². The number of nitrogens with one attached hydrogen (secondary N) is 1. The lowest BCUT2D eigenvalue weighted by Crippen LogP contribution is -2.12. The number of ether oxygens (including phenoxy) is 1. The van der Waals surface area contributed by atoms with Gasteiger partial charge in [0.25, 0.3) is 0 Å². The van der Waals surface area contributed by atoms with E-state index in [1.54, 1.807) is 31.1 Å². The molecule has 0 atom stereocenters. The maximum Gasteiger partial charge on any atom is 0.141 e. The van der Waals surface area contributed by atoms with E-state index in [2.05, 4.69) is 4.98 Å². The van der Waals surface area contributed by atoms with E-state index < -0.39 is 0 Å². The second kappa shape index (κ2) is 5.55. The molecule has 0 fully saturated rings. The number of benzene rings is 1. The fourth-order valence-corrected chi connectivity index (χ4v) is 2.24. The minimum Gasteiger partial charge on any atom is -0.497 e. The Hall–Kier alpha value is -2.01. The normalized spacial score (nSPS) is 10.1. The van der Waals surface area contributed by atoms with Crippen LogP contribution in [0, 0.1) is 5.41 Å². The number of nitrogens with zero attached hydrogens (tertiary/aromatic N) is 1. The number of nitrogens with two attached hydrogens (primary N) is 1. The topological polar surface area (TPSA) is 72.0 Å². The minimum absolute atomic E-state index is 0.0204. The third-order valence-corrected chi connectivity index (χ3v) is 3.26. The van der Waals surface area contributed by atoms with Gasteiger partial charge in [-0.05, 0) is 30.3 Å². The molecular weight excluding hydrogens is 246 g/mol. The summed E-state index contributed by atoms with van der Waals surface area (Å²) in [5.74, 6) is 0.807. The van der Waals surface area contributed by atoms with E-state index in [0.29, 0.717) is 5.69 Å². The van der Waals surface area contributed by atoms with E-state index in [4.69, 9.17) is 15.9 Å². The fraction of sp³-hybridized carbons (Fsp3) is 0.0769. The van der Waals surface area contributed by atoms with Gasteiger partial charge in [-0.15, -0.1) is 0 Å². The van der Waals surface area contributed by atoms with Crippen LogP contribution in [0.25, 0.3) is 0 Å². The molecule has 0 spiro atoms. The molecule has 0 aliphatic carbocycles. The zero-order chi connectivity index (χ0) is 13.0.